The van der Waals surface area contributed by atoms with Gasteiger partial charge in [0.2, 0.25) is 0 Å². The third-order valence-corrected chi connectivity index (χ3v) is 4.89. The Morgan fingerprint density at radius 2 is 2.25 bits per heavy atom. The Kier molecular flexibility index (Phi) is 4.38. The minimum absolute atomic E-state index is 0.362. The number of hydrazine groups is 1. The van der Waals surface area contributed by atoms with Crippen LogP contribution >= 0.6 is 11.3 Å². The topological polar surface area (TPSA) is 38.0 Å². The van der Waals surface area contributed by atoms with Crippen molar-refractivity contribution in [2.45, 2.75) is 51.5 Å². The fraction of sp³-hybridized carbons (Fsp3) is 0.692. The van der Waals surface area contributed by atoms with Crippen LogP contribution in [0.2, 0.25) is 0 Å². The fourth-order valence-electron chi connectivity index (χ4n) is 2.73. The van der Waals surface area contributed by atoms with Crippen LogP contribution in [0, 0.1) is 12.8 Å². The number of hydrogen-bond donors (Lipinski definition) is 2. The number of nitrogens with one attached hydrogen (secondary N) is 1. The van der Waals surface area contributed by atoms with Crippen molar-refractivity contribution in [3.8, 4) is 0 Å². The van der Waals surface area contributed by atoms with Crippen molar-refractivity contribution >= 4 is 11.3 Å². The molecule has 90 valence electrons. The lowest BCUT2D eigenvalue weighted by atomic mass is 9.97. The lowest BCUT2D eigenvalue weighted by Gasteiger charge is -2.17. The second kappa shape index (κ2) is 5.80. The van der Waals surface area contributed by atoms with E-state index in [-0.39, 0.29) is 0 Å². The summed E-state index contributed by atoms with van der Waals surface area (Å²) in [7, 11) is 0. The number of thiophene rings is 1. The maximum Gasteiger partial charge on any atom is 0.0556 e. The van der Waals surface area contributed by atoms with Crippen molar-refractivity contribution < 1.29 is 0 Å². The van der Waals surface area contributed by atoms with Crippen LogP contribution in [0.5, 0.6) is 0 Å². The van der Waals surface area contributed by atoms with Crippen LogP contribution < -0.4 is 11.3 Å². The molecule has 0 spiro atoms. The quantitative estimate of drug-likeness (QED) is 0.608. The summed E-state index contributed by atoms with van der Waals surface area (Å²) in [5, 5.41) is 2.16. The molecule has 1 aromatic rings. The van der Waals surface area contributed by atoms with Crippen LogP contribution in [-0.2, 0) is 0 Å². The largest absolute Gasteiger partial charge is 0.271 e. The average molecular weight is 238 g/mol. The summed E-state index contributed by atoms with van der Waals surface area (Å²) >= 11 is 1.82. The van der Waals surface area contributed by atoms with Crippen molar-refractivity contribution in [2.75, 3.05) is 0 Å². The monoisotopic (exact) mass is 238 g/mol. The Hall–Kier alpha value is -0.380. The van der Waals surface area contributed by atoms with Crippen LogP contribution in [0.25, 0.3) is 0 Å². The van der Waals surface area contributed by atoms with E-state index in [1.54, 1.807) is 0 Å². The first-order valence-electron chi connectivity index (χ1n) is 6.31. The summed E-state index contributed by atoms with van der Waals surface area (Å²) in [6.07, 6.45) is 8.24. The van der Waals surface area contributed by atoms with E-state index < -0.39 is 0 Å². The third-order valence-electron chi connectivity index (χ3n) is 3.76. The van der Waals surface area contributed by atoms with Gasteiger partial charge in [-0.15, -0.1) is 11.3 Å². The van der Waals surface area contributed by atoms with E-state index in [0.717, 1.165) is 5.92 Å². The fourth-order valence-corrected chi connectivity index (χ4v) is 3.76. The Morgan fingerprint density at radius 3 is 2.81 bits per heavy atom. The van der Waals surface area contributed by atoms with Gasteiger partial charge < -0.3 is 0 Å². The third kappa shape index (κ3) is 2.84. The Balaban J connectivity index is 1.88. The Morgan fingerprint density at radius 1 is 1.50 bits per heavy atom. The highest BCUT2D eigenvalue weighted by Crippen LogP contribution is 2.33. The van der Waals surface area contributed by atoms with Gasteiger partial charge in [0.15, 0.2) is 0 Å². The minimum Gasteiger partial charge on any atom is -0.271 e. The zero-order valence-electron chi connectivity index (χ0n) is 10.0. The highest BCUT2D eigenvalue weighted by molar-refractivity contribution is 7.10. The molecule has 0 radical (unpaired) electrons. The van der Waals surface area contributed by atoms with Gasteiger partial charge in [0.1, 0.15) is 0 Å². The van der Waals surface area contributed by atoms with E-state index in [2.05, 4.69) is 23.8 Å². The number of hydrogen-bond acceptors (Lipinski definition) is 3. The van der Waals surface area contributed by atoms with Gasteiger partial charge in [-0.25, -0.2) is 0 Å². The summed E-state index contributed by atoms with van der Waals surface area (Å²) < 4.78 is 0. The molecule has 3 heteroatoms. The zero-order chi connectivity index (χ0) is 11.4. The van der Waals surface area contributed by atoms with Gasteiger partial charge in [0.05, 0.1) is 6.04 Å². The van der Waals surface area contributed by atoms with E-state index in [4.69, 9.17) is 5.84 Å². The first-order valence-corrected chi connectivity index (χ1v) is 7.19. The first kappa shape index (κ1) is 12.1. The van der Waals surface area contributed by atoms with Gasteiger partial charge in [-0.05, 0) is 42.7 Å². The molecule has 1 heterocycles. The van der Waals surface area contributed by atoms with Crippen molar-refractivity contribution in [1.82, 2.24) is 5.43 Å². The van der Waals surface area contributed by atoms with Crippen LogP contribution in [0.3, 0.4) is 0 Å². The minimum atomic E-state index is 0.362. The Labute approximate surface area is 102 Å². The van der Waals surface area contributed by atoms with Gasteiger partial charge in [-0.3, -0.25) is 11.3 Å². The molecule has 1 aliphatic carbocycles. The lowest BCUT2D eigenvalue weighted by Crippen LogP contribution is -2.28. The summed E-state index contributed by atoms with van der Waals surface area (Å²) in [4.78, 5) is 1.42. The van der Waals surface area contributed by atoms with Crippen molar-refractivity contribution in [3.63, 3.8) is 0 Å². The van der Waals surface area contributed by atoms with Crippen LogP contribution in [-0.4, -0.2) is 0 Å². The molecule has 16 heavy (non-hydrogen) atoms. The van der Waals surface area contributed by atoms with Crippen LogP contribution in [0.15, 0.2) is 11.4 Å². The molecule has 0 aromatic carbocycles. The van der Waals surface area contributed by atoms with Crippen molar-refractivity contribution in [3.05, 3.63) is 21.9 Å². The molecular formula is C13H22N2S. The number of aryl methyl sites for hydroxylation is 1. The van der Waals surface area contributed by atoms with Gasteiger partial charge in [-0.2, -0.15) is 0 Å². The molecule has 1 fully saturated rings. The molecule has 1 saturated carbocycles. The lowest BCUT2D eigenvalue weighted by molar-refractivity contribution is 0.419. The molecule has 1 unspecified atom stereocenters. The predicted molar refractivity (Wildman–Crippen MR) is 70.3 cm³/mol. The molecule has 1 aromatic heterocycles. The second-order valence-electron chi connectivity index (χ2n) is 4.91. The predicted octanol–water partition coefficient (Wildman–Crippen LogP) is 3.53. The number of rotatable bonds is 5. The normalized spacial score (nSPS) is 19.1. The SMILES string of the molecule is Cc1ccsc1C(CCC1CCCC1)NN. The summed E-state index contributed by atoms with van der Waals surface area (Å²) in [6.45, 7) is 2.17. The number of nitrogens with two attached hydrogens (primary N) is 1. The molecule has 2 rings (SSSR count). The Bertz CT molecular complexity index is 315. The highest BCUT2D eigenvalue weighted by Gasteiger charge is 2.19. The molecule has 1 atom stereocenters. The smallest absolute Gasteiger partial charge is 0.0556 e. The summed E-state index contributed by atoms with van der Waals surface area (Å²) in [6, 6.07) is 2.54. The van der Waals surface area contributed by atoms with Gasteiger partial charge >= 0.3 is 0 Å². The van der Waals surface area contributed by atoms with E-state index in [0.29, 0.717) is 6.04 Å². The molecule has 3 N–H and O–H groups in total. The average Bonchev–Trinajstić information content (AvgIpc) is 2.92. The van der Waals surface area contributed by atoms with E-state index >= 15 is 0 Å². The van der Waals surface area contributed by atoms with E-state index in [1.807, 2.05) is 11.3 Å². The van der Waals surface area contributed by atoms with Gasteiger partial charge in [0, 0.05) is 4.88 Å². The maximum atomic E-state index is 5.67. The van der Waals surface area contributed by atoms with Crippen molar-refractivity contribution in [1.29, 1.82) is 0 Å². The first-order chi connectivity index (χ1) is 7.81. The second-order valence-corrected chi connectivity index (χ2v) is 5.86. The molecule has 0 bridgehead atoms. The zero-order valence-corrected chi connectivity index (χ0v) is 10.9. The maximum absolute atomic E-state index is 5.67. The molecule has 0 aliphatic heterocycles. The molecule has 2 nitrogen and oxygen atoms in total. The van der Waals surface area contributed by atoms with Crippen molar-refractivity contribution in [2.24, 2.45) is 11.8 Å². The van der Waals surface area contributed by atoms with Crippen LogP contribution in [0.4, 0.5) is 0 Å². The van der Waals surface area contributed by atoms with E-state index in [1.165, 1.54) is 49.0 Å². The molecule has 0 saturated heterocycles. The molecule has 1 aliphatic rings. The standard InChI is InChI=1S/C13H22N2S/c1-10-8-9-16-13(10)12(15-14)7-6-11-4-2-3-5-11/h8-9,11-12,15H,2-7,14H2,1H3. The van der Waals surface area contributed by atoms with Gasteiger partial charge in [-0.1, -0.05) is 25.7 Å². The van der Waals surface area contributed by atoms with Gasteiger partial charge in [0.25, 0.3) is 0 Å². The summed E-state index contributed by atoms with van der Waals surface area (Å²) in [5.74, 6) is 6.63. The van der Waals surface area contributed by atoms with Crippen LogP contribution in [0.1, 0.15) is 55.0 Å². The molecular weight excluding hydrogens is 216 g/mol. The summed E-state index contributed by atoms with van der Waals surface area (Å²) in [5.41, 5.74) is 4.35. The highest BCUT2D eigenvalue weighted by atomic mass is 32.1. The van der Waals surface area contributed by atoms with E-state index in [9.17, 15) is 0 Å². The molecule has 0 amide bonds.